The highest BCUT2D eigenvalue weighted by molar-refractivity contribution is 6.41. The van der Waals surface area contributed by atoms with E-state index < -0.39 is 0 Å². The van der Waals surface area contributed by atoms with E-state index in [0.717, 1.165) is 29.8 Å². The van der Waals surface area contributed by atoms with Gasteiger partial charge in [0.05, 0.1) is 5.69 Å². The maximum atomic E-state index is 12.9. The Labute approximate surface area is 253 Å². The van der Waals surface area contributed by atoms with Crippen LogP contribution in [-0.4, -0.2) is 28.7 Å². The van der Waals surface area contributed by atoms with Crippen molar-refractivity contribution in [2.45, 2.75) is 32.1 Å². The highest BCUT2D eigenvalue weighted by Gasteiger charge is 2.12. The molecule has 212 valence electrons. The summed E-state index contributed by atoms with van der Waals surface area (Å²) in [7, 11) is 6.02. The molecule has 43 heavy (non-hydrogen) atoms. The number of rotatable bonds is 12. The summed E-state index contributed by atoms with van der Waals surface area (Å²) < 4.78 is 5.88. The fourth-order valence-electron chi connectivity index (χ4n) is 4.76. The number of carbonyl (C=O) groups is 1. The van der Waals surface area contributed by atoms with Crippen LogP contribution < -0.4 is 10.5 Å². The summed E-state index contributed by atoms with van der Waals surface area (Å²) in [6, 6.07) is 34.2. The number of hydrogen-bond acceptors (Lipinski definition) is 6. The van der Waals surface area contributed by atoms with Gasteiger partial charge in [-0.1, -0.05) is 66.7 Å². The van der Waals surface area contributed by atoms with Crippen LogP contribution in [0.15, 0.2) is 115 Å². The van der Waals surface area contributed by atoms with Crippen LogP contribution in [0.25, 0.3) is 16.7 Å². The average molecular weight is 565 g/mol. The number of phenols is 1. The zero-order valence-electron chi connectivity index (χ0n) is 23.8. The van der Waals surface area contributed by atoms with Crippen LogP contribution in [0.2, 0.25) is 0 Å². The Hall–Kier alpha value is -5.17. The molecule has 2 radical (unpaired) electrons. The van der Waals surface area contributed by atoms with Gasteiger partial charge in [0.2, 0.25) is 0 Å². The van der Waals surface area contributed by atoms with Crippen LogP contribution in [0.5, 0.6) is 17.2 Å². The number of benzene rings is 4. The highest BCUT2D eigenvalue weighted by atomic mass is 16.5. The molecule has 0 bridgehead atoms. The minimum absolute atomic E-state index is 0.0834. The van der Waals surface area contributed by atoms with Gasteiger partial charge in [0.25, 0.3) is 0 Å². The molecule has 0 aliphatic rings. The molecule has 0 aliphatic carbocycles. The number of ketones is 1. The molecule has 0 saturated carbocycles. The molecule has 0 unspecified atom stereocenters. The third-order valence-corrected chi connectivity index (χ3v) is 7.09. The fraction of sp³-hybridized carbons (Fsp3) is 0.139. The Morgan fingerprint density at radius 1 is 0.791 bits per heavy atom. The minimum Gasteiger partial charge on any atom is -0.507 e. The number of carbonyl (C=O) groups excluding carboxylic acids is 1. The topological polar surface area (TPSA) is 98.3 Å². The summed E-state index contributed by atoms with van der Waals surface area (Å²) in [5.41, 5.74) is 10.9. The van der Waals surface area contributed by atoms with Crippen LogP contribution in [0.1, 0.15) is 45.8 Å². The van der Waals surface area contributed by atoms with E-state index in [1.54, 1.807) is 24.3 Å². The third kappa shape index (κ3) is 7.98. The summed E-state index contributed by atoms with van der Waals surface area (Å²) in [5.74, 6) is 1.95. The van der Waals surface area contributed by atoms with E-state index in [1.165, 1.54) is 11.8 Å². The number of para-hydroxylation sites is 2. The number of hydrogen-bond donors (Lipinski definition) is 2. The van der Waals surface area contributed by atoms with E-state index in [2.05, 4.69) is 34.2 Å². The second kappa shape index (κ2) is 14.1. The van der Waals surface area contributed by atoms with Gasteiger partial charge in [0.1, 0.15) is 30.9 Å². The average Bonchev–Trinajstić information content (AvgIpc) is 3.04. The summed E-state index contributed by atoms with van der Waals surface area (Å²) in [4.78, 5) is 22.0. The van der Waals surface area contributed by atoms with Crippen LogP contribution in [0, 0.1) is 0 Å². The van der Waals surface area contributed by atoms with E-state index >= 15 is 0 Å². The van der Waals surface area contributed by atoms with E-state index in [4.69, 9.17) is 18.3 Å². The third-order valence-electron chi connectivity index (χ3n) is 7.09. The maximum Gasteiger partial charge on any atom is 0.163 e. The smallest absolute Gasteiger partial charge is 0.163 e. The molecule has 0 fully saturated rings. The molecule has 0 atom stereocenters. The summed E-state index contributed by atoms with van der Waals surface area (Å²) in [5, 5.41) is 10.3. The lowest BCUT2D eigenvalue weighted by Gasteiger charge is -2.10. The Morgan fingerprint density at radius 3 is 2.23 bits per heavy atom. The highest BCUT2D eigenvalue weighted by Crippen LogP contribution is 2.28. The van der Waals surface area contributed by atoms with Crippen molar-refractivity contribution in [2.75, 3.05) is 0 Å². The minimum atomic E-state index is 0.0834. The first kappa shape index (κ1) is 29.3. The number of aryl methyl sites for hydroxylation is 3. The Balaban J connectivity index is 1.15. The number of aromatic nitrogens is 2. The first-order valence-electron chi connectivity index (χ1n) is 14.3. The predicted molar refractivity (Wildman–Crippen MR) is 171 cm³/mol. The summed E-state index contributed by atoms with van der Waals surface area (Å²) >= 11 is 0. The van der Waals surface area contributed by atoms with Gasteiger partial charge in [-0.25, -0.2) is 9.97 Å². The molecule has 1 aromatic heterocycles. The number of Topliss-reactive ketones (excluding diaryl/α,β-unsaturated/α-hetero) is 1. The van der Waals surface area contributed by atoms with Crippen LogP contribution in [0.4, 0.5) is 0 Å². The monoisotopic (exact) mass is 565 g/mol. The fourth-order valence-corrected chi connectivity index (χ4v) is 4.76. The van der Waals surface area contributed by atoms with E-state index in [9.17, 15) is 9.90 Å². The maximum absolute atomic E-state index is 12.9. The van der Waals surface area contributed by atoms with Crippen molar-refractivity contribution >= 4 is 19.1 Å². The SMILES string of the molecule is [B]C(=CN)c1nc(CCCc2ccc(CCC(=O)c3cccc(Oc4ccccc4)c3)cc2)cc(-c2ccccc2O)n1. The predicted octanol–water partition coefficient (Wildman–Crippen LogP) is 7.06. The van der Waals surface area contributed by atoms with Gasteiger partial charge in [-0.3, -0.25) is 4.79 Å². The number of phenolic OH excluding ortho intramolecular Hbond substituents is 1. The normalized spacial score (nSPS) is 11.3. The quantitative estimate of drug-likeness (QED) is 0.124. The zero-order chi connectivity index (χ0) is 30.0. The molecule has 0 saturated heterocycles. The van der Waals surface area contributed by atoms with E-state index in [1.807, 2.05) is 60.7 Å². The van der Waals surface area contributed by atoms with Crippen LogP contribution in [-0.2, 0) is 19.3 Å². The van der Waals surface area contributed by atoms with Gasteiger partial charge >= 0.3 is 0 Å². The number of aromatic hydroxyl groups is 1. The largest absolute Gasteiger partial charge is 0.507 e. The van der Waals surface area contributed by atoms with Gasteiger partial charge in [-0.2, -0.15) is 0 Å². The molecule has 5 aromatic rings. The van der Waals surface area contributed by atoms with Crippen LogP contribution in [0.3, 0.4) is 0 Å². The molecule has 0 aliphatic heterocycles. The molecule has 1 heterocycles. The molecular formula is C36H32BN3O3. The van der Waals surface area contributed by atoms with E-state index in [0.29, 0.717) is 47.7 Å². The van der Waals surface area contributed by atoms with E-state index in [-0.39, 0.29) is 17.0 Å². The van der Waals surface area contributed by atoms with Crippen LogP contribution >= 0.6 is 0 Å². The van der Waals surface area contributed by atoms with Gasteiger partial charge in [0.15, 0.2) is 5.78 Å². The van der Waals surface area contributed by atoms with Crippen molar-refractivity contribution in [3.8, 4) is 28.5 Å². The van der Waals surface area contributed by atoms with Crippen molar-refractivity contribution in [3.63, 3.8) is 0 Å². The van der Waals surface area contributed by atoms with Gasteiger partial charge in [0, 0.05) is 23.2 Å². The summed E-state index contributed by atoms with van der Waals surface area (Å²) in [6.07, 6.45) is 4.79. The Kier molecular flexibility index (Phi) is 9.65. The second-order valence-corrected chi connectivity index (χ2v) is 10.2. The second-order valence-electron chi connectivity index (χ2n) is 10.2. The Bertz CT molecular complexity index is 1720. The van der Waals surface area contributed by atoms with Crippen molar-refractivity contribution < 1.29 is 14.6 Å². The number of ether oxygens (including phenoxy) is 1. The van der Waals surface area contributed by atoms with Crippen molar-refractivity contribution in [1.82, 2.24) is 9.97 Å². The van der Waals surface area contributed by atoms with Crippen molar-refractivity contribution in [3.05, 3.63) is 144 Å². The Morgan fingerprint density at radius 2 is 1.49 bits per heavy atom. The molecule has 5 rings (SSSR count). The summed E-state index contributed by atoms with van der Waals surface area (Å²) in [6.45, 7) is 0. The molecular weight excluding hydrogens is 533 g/mol. The lowest BCUT2D eigenvalue weighted by Crippen LogP contribution is -2.04. The molecule has 7 heteroatoms. The first-order valence-corrected chi connectivity index (χ1v) is 14.3. The molecule has 6 nitrogen and oxygen atoms in total. The lowest BCUT2D eigenvalue weighted by molar-refractivity contribution is 0.0982. The molecule has 3 N–H and O–H groups in total. The standard InChI is InChI=1S/C36H32BN3O3/c37-32(24-38)36-39-28(23-33(40-36)31-14-4-5-15-35(31)42)10-6-8-25-16-18-26(19-17-25)20-21-34(41)27-9-7-13-30(22-27)43-29-11-2-1-3-12-29/h1-5,7,9,11-19,22-24,42H,6,8,10,20-21,38H2. The molecule has 0 amide bonds. The lowest BCUT2D eigenvalue weighted by atomic mass is 9.95. The number of nitrogens with zero attached hydrogens (tertiary/aromatic N) is 2. The molecule has 0 spiro atoms. The zero-order valence-corrected chi connectivity index (χ0v) is 23.8. The van der Waals surface area contributed by atoms with Gasteiger partial charge < -0.3 is 15.6 Å². The first-order chi connectivity index (χ1) is 21.0. The van der Waals surface area contributed by atoms with Crippen molar-refractivity contribution in [2.24, 2.45) is 5.73 Å². The van der Waals surface area contributed by atoms with Crippen molar-refractivity contribution in [1.29, 1.82) is 0 Å². The van der Waals surface area contributed by atoms with Gasteiger partial charge in [-0.15, -0.1) is 0 Å². The number of nitrogens with two attached hydrogens (primary N) is 1. The van der Waals surface area contributed by atoms with Gasteiger partial charge in [-0.05, 0) is 90.9 Å². The molecule has 4 aromatic carbocycles.